The van der Waals surface area contributed by atoms with E-state index < -0.39 is 22.8 Å². The number of carbonyl (C=O) groups is 2. The Balaban J connectivity index is 1.80. The number of nitrogens with one attached hydrogen (secondary N) is 1. The first-order valence-corrected chi connectivity index (χ1v) is 8.92. The fourth-order valence-electron chi connectivity index (χ4n) is 3.53. The van der Waals surface area contributed by atoms with E-state index in [4.69, 9.17) is 9.26 Å². The summed E-state index contributed by atoms with van der Waals surface area (Å²) in [5.41, 5.74) is 0.270. The fourth-order valence-corrected chi connectivity index (χ4v) is 3.53. The summed E-state index contributed by atoms with van der Waals surface area (Å²) in [6.45, 7) is 7.88. The maximum atomic E-state index is 12.7. The molecule has 1 amide bonds. The third kappa shape index (κ3) is 3.12. The van der Waals surface area contributed by atoms with E-state index in [1.807, 2.05) is 38.1 Å². The molecule has 3 rings (SSSR count). The largest absolute Gasteiger partial charge is 0.479 e. The summed E-state index contributed by atoms with van der Waals surface area (Å²) in [5.74, 6) is -1.72. The lowest BCUT2D eigenvalue weighted by molar-refractivity contribution is -0.190. The van der Waals surface area contributed by atoms with E-state index in [1.54, 1.807) is 13.8 Å². The Morgan fingerprint density at radius 2 is 2.00 bits per heavy atom. The molecular formula is C20H24N2O5. The molecule has 2 aromatic rings. The Morgan fingerprint density at radius 1 is 1.33 bits per heavy atom. The molecule has 0 saturated heterocycles. The zero-order valence-corrected chi connectivity index (χ0v) is 15.9. The van der Waals surface area contributed by atoms with Gasteiger partial charge < -0.3 is 19.7 Å². The van der Waals surface area contributed by atoms with Crippen LogP contribution in [0.25, 0.3) is 11.3 Å². The molecule has 27 heavy (non-hydrogen) atoms. The molecule has 1 aliphatic rings. The number of hydrogen-bond acceptors (Lipinski definition) is 5. The van der Waals surface area contributed by atoms with Crippen molar-refractivity contribution in [3.05, 3.63) is 41.7 Å². The van der Waals surface area contributed by atoms with Crippen molar-refractivity contribution in [3.63, 3.8) is 0 Å². The van der Waals surface area contributed by atoms with E-state index in [2.05, 4.69) is 10.5 Å². The van der Waals surface area contributed by atoms with E-state index in [1.165, 1.54) is 6.07 Å². The Labute approximate surface area is 157 Å². The summed E-state index contributed by atoms with van der Waals surface area (Å²) >= 11 is 0. The zero-order valence-electron chi connectivity index (χ0n) is 15.9. The van der Waals surface area contributed by atoms with Crippen LogP contribution in [0.5, 0.6) is 0 Å². The first-order chi connectivity index (χ1) is 12.7. The molecule has 1 heterocycles. The average molecular weight is 372 g/mol. The number of ether oxygens (including phenoxy) is 1. The Hall–Kier alpha value is -2.67. The molecule has 1 aliphatic carbocycles. The van der Waals surface area contributed by atoms with Gasteiger partial charge in [-0.05, 0) is 13.8 Å². The SMILES string of the molecule is CCOC1CC(NC(=O)c2cc(-c3ccc(C)cc3)no2)(C(=O)O)C1(C)C. The predicted octanol–water partition coefficient (Wildman–Crippen LogP) is 3.04. The van der Waals surface area contributed by atoms with Gasteiger partial charge >= 0.3 is 5.97 Å². The predicted molar refractivity (Wildman–Crippen MR) is 98.3 cm³/mol. The molecule has 1 aromatic heterocycles. The van der Waals surface area contributed by atoms with E-state index in [0.29, 0.717) is 12.3 Å². The summed E-state index contributed by atoms with van der Waals surface area (Å²) < 4.78 is 10.8. The number of carbonyl (C=O) groups excluding carboxylic acids is 1. The Kier molecular flexibility index (Phi) is 4.82. The standard InChI is InChI=1S/C20H24N2O5/c1-5-26-16-11-20(18(24)25,19(16,3)4)21-17(23)15-10-14(22-27-15)13-8-6-12(2)7-9-13/h6-10,16H,5,11H2,1-4H3,(H,21,23)(H,24,25). The number of aryl methyl sites for hydroxylation is 1. The zero-order chi connectivity index (χ0) is 19.8. The maximum absolute atomic E-state index is 12.7. The van der Waals surface area contributed by atoms with Crippen molar-refractivity contribution < 1.29 is 24.0 Å². The second kappa shape index (κ2) is 6.81. The first-order valence-electron chi connectivity index (χ1n) is 8.92. The molecule has 7 heteroatoms. The summed E-state index contributed by atoms with van der Waals surface area (Å²) in [6.07, 6.45) is -0.0369. The van der Waals surface area contributed by atoms with Crippen LogP contribution in [0, 0.1) is 12.3 Å². The van der Waals surface area contributed by atoms with E-state index in [9.17, 15) is 14.7 Å². The molecule has 7 nitrogen and oxygen atoms in total. The number of rotatable bonds is 6. The summed E-state index contributed by atoms with van der Waals surface area (Å²) in [5, 5.41) is 16.4. The smallest absolute Gasteiger partial charge is 0.330 e. The van der Waals surface area contributed by atoms with Gasteiger partial charge in [-0.1, -0.05) is 48.8 Å². The lowest BCUT2D eigenvalue weighted by Crippen LogP contribution is -2.76. The highest BCUT2D eigenvalue weighted by Crippen LogP contribution is 2.51. The molecule has 1 saturated carbocycles. The molecule has 1 fully saturated rings. The van der Waals surface area contributed by atoms with Gasteiger partial charge in [0, 0.05) is 30.1 Å². The number of aliphatic carboxylic acids is 1. The van der Waals surface area contributed by atoms with Gasteiger partial charge in [0.05, 0.1) is 6.10 Å². The lowest BCUT2D eigenvalue weighted by atomic mass is 9.54. The molecule has 2 atom stereocenters. The minimum atomic E-state index is -1.42. The third-order valence-electron chi connectivity index (χ3n) is 5.54. The minimum Gasteiger partial charge on any atom is -0.479 e. The average Bonchev–Trinajstić information content (AvgIpc) is 3.11. The van der Waals surface area contributed by atoms with Gasteiger partial charge in [0.2, 0.25) is 5.76 Å². The highest BCUT2D eigenvalue weighted by Gasteiger charge is 2.66. The van der Waals surface area contributed by atoms with Crippen LogP contribution in [0.2, 0.25) is 0 Å². The highest BCUT2D eigenvalue weighted by molar-refractivity contribution is 5.97. The number of benzene rings is 1. The summed E-state index contributed by atoms with van der Waals surface area (Å²) in [6, 6.07) is 9.16. The summed E-state index contributed by atoms with van der Waals surface area (Å²) in [4.78, 5) is 24.6. The van der Waals surface area contributed by atoms with Crippen LogP contribution in [-0.4, -0.2) is 40.4 Å². The molecule has 2 N–H and O–H groups in total. The van der Waals surface area contributed by atoms with Crippen molar-refractivity contribution in [1.82, 2.24) is 10.5 Å². The van der Waals surface area contributed by atoms with Crippen LogP contribution in [0.15, 0.2) is 34.9 Å². The van der Waals surface area contributed by atoms with Crippen molar-refractivity contribution in [2.75, 3.05) is 6.61 Å². The van der Waals surface area contributed by atoms with Gasteiger partial charge in [0.15, 0.2) is 0 Å². The van der Waals surface area contributed by atoms with Crippen LogP contribution in [-0.2, 0) is 9.53 Å². The molecule has 144 valence electrons. The maximum Gasteiger partial charge on any atom is 0.330 e. The van der Waals surface area contributed by atoms with Crippen LogP contribution in [0.4, 0.5) is 0 Å². The van der Waals surface area contributed by atoms with Gasteiger partial charge in [0.1, 0.15) is 11.2 Å². The van der Waals surface area contributed by atoms with Crippen LogP contribution < -0.4 is 5.32 Å². The number of amides is 1. The van der Waals surface area contributed by atoms with Gasteiger partial charge in [-0.25, -0.2) is 4.79 Å². The van der Waals surface area contributed by atoms with Crippen LogP contribution >= 0.6 is 0 Å². The number of nitrogens with zero attached hydrogens (tertiary/aromatic N) is 1. The number of carboxylic acids is 1. The molecule has 0 radical (unpaired) electrons. The monoisotopic (exact) mass is 372 g/mol. The fraction of sp³-hybridized carbons (Fsp3) is 0.450. The van der Waals surface area contributed by atoms with Gasteiger partial charge in [-0.2, -0.15) is 0 Å². The van der Waals surface area contributed by atoms with Crippen LogP contribution in [0.1, 0.15) is 43.3 Å². The second-order valence-electron chi connectivity index (χ2n) is 7.48. The molecule has 1 aromatic carbocycles. The molecule has 0 spiro atoms. The molecule has 0 bridgehead atoms. The highest BCUT2D eigenvalue weighted by atomic mass is 16.5. The number of hydrogen-bond donors (Lipinski definition) is 2. The van der Waals surface area contributed by atoms with Crippen molar-refractivity contribution >= 4 is 11.9 Å². The van der Waals surface area contributed by atoms with Crippen molar-refractivity contribution in [2.24, 2.45) is 5.41 Å². The molecule has 0 aliphatic heterocycles. The summed E-state index contributed by atoms with van der Waals surface area (Å²) in [7, 11) is 0. The van der Waals surface area contributed by atoms with Gasteiger partial charge in [0.25, 0.3) is 5.91 Å². The van der Waals surface area contributed by atoms with E-state index >= 15 is 0 Å². The number of aromatic nitrogens is 1. The Bertz CT molecular complexity index is 856. The molecule has 2 unspecified atom stereocenters. The quantitative estimate of drug-likeness (QED) is 0.808. The van der Waals surface area contributed by atoms with Gasteiger partial charge in [-0.3, -0.25) is 4.79 Å². The first kappa shape index (κ1) is 19.1. The Morgan fingerprint density at radius 3 is 2.56 bits per heavy atom. The lowest BCUT2D eigenvalue weighted by Gasteiger charge is -2.58. The van der Waals surface area contributed by atoms with E-state index in [0.717, 1.165) is 11.1 Å². The van der Waals surface area contributed by atoms with Crippen LogP contribution in [0.3, 0.4) is 0 Å². The molecular weight excluding hydrogens is 348 g/mol. The minimum absolute atomic E-state index is 0.0261. The number of carboxylic acid groups (broad SMARTS) is 1. The van der Waals surface area contributed by atoms with Gasteiger partial charge in [-0.15, -0.1) is 0 Å². The topological polar surface area (TPSA) is 102 Å². The van der Waals surface area contributed by atoms with Crippen molar-refractivity contribution in [1.29, 1.82) is 0 Å². The normalized spacial score (nSPS) is 23.5. The van der Waals surface area contributed by atoms with Crippen molar-refractivity contribution in [3.8, 4) is 11.3 Å². The second-order valence-corrected chi connectivity index (χ2v) is 7.48. The third-order valence-corrected chi connectivity index (χ3v) is 5.54. The van der Waals surface area contributed by atoms with Crippen molar-refractivity contribution in [2.45, 2.75) is 45.8 Å². The van der Waals surface area contributed by atoms with E-state index in [-0.39, 0.29) is 18.3 Å².